The number of phenolic OH excluding ortho intramolecular Hbond substituents is 1. The summed E-state index contributed by atoms with van der Waals surface area (Å²) in [5.74, 6) is 1.77. The Morgan fingerprint density at radius 3 is 2.79 bits per heavy atom. The van der Waals surface area contributed by atoms with Gasteiger partial charge in [-0.2, -0.15) is 0 Å². The maximum atomic E-state index is 13.0. The van der Waals surface area contributed by atoms with Crippen LogP contribution >= 0.6 is 0 Å². The molecule has 3 amide bonds. The molecular formula is C25H30N4O5. The van der Waals surface area contributed by atoms with Gasteiger partial charge < -0.3 is 20.3 Å². The minimum Gasteiger partial charge on any atom is -0.507 e. The largest absolute Gasteiger partial charge is 0.507 e. The Labute approximate surface area is 198 Å². The number of carbonyl (C=O) groups excluding carboxylic acids is 1. The van der Waals surface area contributed by atoms with E-state index < -0.39 is 12.1 Å². The summed E-state index contributed by atoms with van der Waals surface area (Å²) in [6, 6.07) is 6.52. The van der Waals surface area contributed by atoms with E-state index in [0.717, 1.165) is 54.8 Å². The molecule has 3 N–H and O–H groups in total. The number of hydrogen-bond acceptors (Lipinski definition) is 6. The highest BCUT2D eigenvalue weighted by Crippen LogP contribution is 2.43. The van der Waals surface area contributed by atoms with E-state index >= 15 is 0 Å². The molecule has 1 aromatic heterocycles. The molecule has 1 aliphatic carbocycles. The maximum Gasteiger partial charge on any atom is 0.415 e. The Balaban J connectivity index is 1.66. The summed E-state index contributed by atoms with van der Waals surface area (Å²) in [7, 11) is 0. The first-order valence-electron chi connectivity index (χ1n) is 12.0. The first-order chi connectivity index (χ1) is 16.5. The fraction of sp³-hybridized carbons (Fsp3) is 0.480. The number of benzene rings is 1. The first kappa shape index (κ1) is 22.5. The highest BCUT2D eigenvalue weighted by Gasteiger charge is 2.38. The number of phenols is 1. The number of rotatable bonds is 6. The molecule has 2 aliphatic heterocycles. The van der Waals surface area contributed by atoms with Gasteiger partial charge in [-0.25, -0.2) is 19.5 Å². The van der Waals surface area contributed by atoms with Gasteiger partial charge in [0.15, 0.2) is 0 Å². The lowest BCUT2D eigenvalue weighted by Gasteiger charge is -2.36. The standard InChI is InChI=1S/C25H30N4O5/c1-2-28-23-18(13-29(24(28)31)25(32)33)17(16-5-4-10-26-12-16)11-19(27-23)22-20(30)6-3-7-21(22)34-14-15-8-9-15/h3,6-7,11,15-16,26,30H,2,4-5,8-10,12-14H2,1H3,(H,32,33). The van der Waals surface area contributed by atoms with Crippen LogP contribution in [0, 0.1) is 5.92 Å². The zero-order valence-corrected chi connectivity index (χ0v) is 19.3. The van der Waals surface area contributed by atoms with Gasteiger partial charge in [0.2, 0.25) is 0 Å². The van der Waals surface area contributed by atoms with Crippen molar-refractivity contribution in [3.8, 4) is 22.8 Å². The summed E-state index contributed by atoms with van der Waals surface area (Å²) in [6.07, 6.45) is 2.97. The SMILES string of the molecule is CCN1C(=O)N(C(=O)O)Cc2c(C3CCCNC3)cc(-c3c(O)cccc3OCC3CC3)nc21. The molecule has 2 fully saturated rings. The van der Waals surface area contributed by atoms with Crippen molar-refractivity contribution in [2.45, 2.75) is 45.1 Å². The predicted octanol–water partition coefficient (Wildman–Crippen LogP) is 4.15. The lowest BCUT2D eigenvalue weighted by atomic mass is 9.86. The van der Waals surface area contributed by atoms with Crippen molar-refractivity contribution >= 4 is 17.9 Å². The molecule has 0 bridgehead atoms. The summed E-state index contributed by atoms with van der Waals surface area (Å²) in [5, 5.41) is 23.9. The number of ether oxygens (including phenoxy) is 1. The van der Waals surface area contributed by atoms with Crippen LogP contribution in [-0.2, 0) is 6.54 Å². The Morgan fingerprint density at radius 1 is 1.29 bits per heavy atom. The van der Waals surface area contributed by atoms with Crippen molar-refractivity contribution in [1.82, 2.24) is 15.2 Å². The van der Waals surface area contributed by atoms with Gasteiger partial charge in [0, 0.05) is 18.7 Å². The van der Waals surface area contributed by atoms with E-state index in [-0.39, 0.29) is 24.8 Å². The van der Waals surface area contributed by atoms with Crippen LogP contribution in [0.3, 0.4) is 0 Å². The molecule has 3 heterocycles. The van der Waals surface area contributed by atoms with Crippen LogP contribution in [-0.4, -0.2) is 58.5 Å². The number of piperidine rings is 1. The summed E-state index contributed by atoms with van der Waals surface area (Å²) in [5.41, 5.74) is 2.73. The monoisotopic (exact) mass is 466 g/mol. The average Bonchev–Trinajstić information content (AvgIpc) is 3.67. The van der Waals surface area contributed by atoms with Crippen molar-refractivity contribution in [1.29, 1.82) is 0 Å². The summed E-state index contributed by atoms with van der Waals surface area (Å²) >= 11 is 0. The number of carbonyl (C=O) groups is 2. The maximum absolute atomic E-state index is 13.0. The van der Waals surface area contributed by atoms with E-state index in [1.165, 1.54) is 4.90 Å². The van der Waals surface area contributed by atoms with E-state index in [1.54, 1.807) is 19.1 Å². The van der Waals surface area contributed by atoms with E-state index in [9.17, 15) is 19.8 Å². The second-order valence-electron chi connectivity index (χ2n) is 9.24. The number of nitrogens with zero attached hydrogens (tertiary/aromatic N) is 3. The minimum atomic E-state index is -1.28. The van der Waals surface area contributed by atoms with Crippen LogP contribution in [0.2, 0.25) is 0 Å². The summed E-state index contributed by atoms with van der Waals surface area (Å²) in [4.78, 5) is 31.9. The Hall–Kier alpha value is -3.33. The minimum absolute atomic E-state index is 0.0368. The Bertz CT molecular complexity index is 1110. The number of imide groups is 1. The number of hydrogen-bond donors (Lipinski definition) is 3. The van der Waals surface area contributed by atoms with Gasteiger partial charge in [0.25, 0.3) is 0 Å². The number of pyridine rings is 1. The topological polar surface area (TPSA) is 115 Å². The number of anilines is 1. The zero-order chi connectivity index (χ0) is 23.8. The van der Waals surface area contributed by atoms with Crippen LogP contribution in [0.15, 0.2) is 24.3 Å². The quantitative estimate of drug-likeness (QED) is 0.586. The fourth-order valence-corrected chi connectivity index (χ4v) is 4.86. The average molecular weight is 467 g/mol. The molecule has 3 aliphatic rings. The predicted molar refractivity (Wildman–Crippen MR) is 126 cm³/mol. The van der Waals surface area contributed by atoms with Gasteiger partial charge in [-0.15, -0.1) is 0 Å². The third-order valence-corrected chi connectivity index (χ3v) is 6.89. The molecule has 1 unspecified atom stereocenters. The number of nitrogens with one attached hydrogen (secondary N) is 1. The highest BCUT2D eigenvalue weighted by atomic mass is 16.5. The number of carboxylic acid groups (broad SMARTS) is 1. The second-order valence-corrected chi connectivity index (χ2v) is 9.24. The summed E-state index contributed by atoms with van der Waals surface area (Å²) < 4.78 is 6.07. The molecule has 1 aromatic carbocycles. The second kappa shape index (κ2) is 9.13. The third-order valence-electron chi connectivity index (χ3n) is 6.89. The Morgan fingerprint density at radius 2 is 2.12 bits per heavy atom. The van der Waals surface area contributed by atoms with Gasteiger partial charge in [0.1, 0.15) is 17.3 Å². The number of aromatic hydroxyl groups is 1. The van der Waals surface area contributed by atoms with E-state index in [1.807, 2.05) is 12.1 Å². The van der Waals surface area contributed by atoms with Crippen LogP contribution in [0.4, 0.5) is 15.4 Å². The molecule has 180 valence electrons. The molecule has 34 heavy (non-hydrogen) atoms. The van der Waals surface area contributed by atoms with Crippen LogP contribution < -0.4 is 15.0 Å². The lowest BCUT2D eigenvalue weighted by Crippen LogP contribution is -2.50. The molecule has 9 nitrogen and oxygen atoms in total. The van der Waals surface area contributed by atoms with Crippen LogP contribution in [0.25, 0.3) is 11.3 Å². The fourth-order valence-electron chi connectivity index (χ4n) is 4.86. The van der Waals surface area contributed by atoms with Crippen molar-refractivity contribution < 1.29 is 24.5 Å². The number of fused-ring (bicyclic) bond motifs is 1. The van der Waals surface area contributed by atoms with E-state index in [0.29, 0.717) is 35.3 Å². The van der Waals surface area contributed by atoms with E-state index in [2.05, 4.69) is 5.32 Å². The lowest BCUT2D eigenvalue weighted by molar-refractivity contribution is 0.146. The van der Waals surface area contributed by atoms with E-state index in [4.69, 9.17) is 9.72 Å². The molecule has 9 heteroatoms. The number of amides is 3. The molecule has 5 rings (SSSR count). The highest BCUT2D eigenvalue weighted by molar-refractivity contribution is 6.02. The Kier molecular flexibility index (Phi) is 6.03. The molecule has 1 saturated carbocycles. The van der Waals surface area contributed by atoms with Crippen LogP contribution in [0.1, 0.15) is 49.7 Å². The molecule has 0 spiro atoms. The van der Waals surface area contributed by atoms with Gasteiger partial charge in [0.05, 0.1) is 24.4 Å². The van der Waals surface area contributed by atoms with Gasteiger partial charge in [-0.1, -0.05) is 6.07 Å². The van der Waals surface area contributed by atoms with Crippen molar-refractivity contribution in [2.24, 2.45) is 5.92 Å². The molecule has 0 radical (unpaired) electrons. The van der Waals surface area contributed by atoms with Gasteiger partial charge >= 0.3 is 12.1 Å². The number of aromatic nitrogens is 1. The molecule has 1 atom stereocenters. The van der Waals surface area contributed by atoms with Crippen molar-refractivity contribution in [3.63, 3.8) is 0 Å². The first-order valence-corrected chi connectivity index (χ1v) is 12.0. The summed E-state index contributed by atoms with van der Waals surface area (Å²) in [6.45, 7) is 4.33. The normalized spacial score (nSPS) is 20.3. The van der Waals surface area contributed by atoms with Gasteiger partial charge in [-0.3, -0.25) is 4.90 Å². The smallest absolute Gasteiger partial charge is 0.415 e. The van der Waals surface area contributed by atoms with Crippen molar-refractivity contribution in [3.05, 3.63) is 35.4 Å². The zero-order valence-electron chi connectivity index (χ0n) is 19.3. The van der Waals surface area contributed by atoms with Gasteiger partial charge in [-0.05, 0) is 74.8 Å². The number of urea groups is 1. The molecular weight excluding hydrogens is 436 g/mol. The molecule has 1 saturated heterocycles. The van der Waals surface area contributed by atoms with Crippen LogP contribution in [0.5, 0.6) is 11.5 Å². The van der Waals surface area contributed by atoms with Crippen molar-refractivity contribution in [2.75, 3.05) is 31.1 Å². The third kappa shape index (κ3) is 4.16. The molecule has 2 aromatic rings.